The summed E-state index contributed by atoms with van der Waals surface area (Å²) in [5.41, 5.74) is 2.85. The van der Waals surface area contributed by atoms with Crippen molar-refractivity contribution in [2.75, 3.05) is 0 Å². The van der Waals surface area contributed by atoms with E-state index in [0.29, 0.717) is 5.92 Å². The van der Waals surface area contributed by atoms with Gasteiger partial charge in [-0.3, -0.25) is 5.84 Å². The van der Waals surface area contributed by atoms with Gasteiger partial charge in [0.05, 0.1) is 6.04 Å². The summed E-state index contributed by atoms with van der Waals surface area (Å²) >= 11 is 0. The molecular weight excluding hydrogens is 164 g/mol. The number of nitrogens with zero attached hydrogens (tertiary/aromatic N) is 2. The molecule has 0 amide bonds. The van der Waals surface area contributed by atoms with E-state index >= 15 is 0 Å². The van der Waals surface area contributed by atoms with Crippen molar-refractivity contribution in [2.45, 2.75) is 19.4 Å². The van der Waals surface area contributed by atoms with E-state index in [1.165, 1.54) is 6.42 Å². The fourth-order valence-corrected chi connectivity index (χ4v) is 1.88. The smallest absolute Gasteiger partial charge is 0.127 e. The Labute approximate surface area is 78.1 Å². The Morgan fingerprint density at radius 1 is 1.77 bits per heavy atom. The Bertz CT molecular complexity index is 294. The van der Waals surface area contributed by atoms with E-state index in [-0.39, 0.29) is 6.04 Å². The van der Waals surface area contributed by atoms with Crippen LogP contribution in [0.25, 0.3) is 0 Å². The molecule has 0 aliphatic heterocycles. The average molecular weight is 180 g/mol. The molecule has 1 heterocycles. The number of nitrogens with one attached hydrogen (secondary N) is 1. The van der Waals surface area contributed by atoms with Crippen LogP contribution in [-0.2, 0) is 7.05 Å². The zero-order chi connectivity index (χ0) is 9.42. The highest BCUT2D eigenvalue weighted by atomic mass is 15.3. The minimum Gasteiger partial charge on any atom is -0.337 e. The maximum Gasteiger partial charge on any atom is 0.127 e. The van der Waals surface area contributed by atoms with Crippen LogP contribution in [-0.4, -0.2) is 9.55 Å². The lowest BCUT2D eigenvalue weighted by Gasteiger charge is -2.14. The Morgan fingerprint density at radius 3 is 2.85 bits per heavy atom. The molecule has 3 N–H and O–H groups in total. The van der Waals surface area contributed by atoms with Gasteiger partial charge in [-0.25, -0.2) is 10.4 Å². The maximum atomic E-state index is 5.53. The summed E-state index contributed by atoms with van der Waals surface area (Å²) in [5, 5.41) is 0. The summed E-state index contributed by atoms with van der Waals surface area (Å²) in [6.07, 6.45) is 5.02. The normalized spacial score (nSPS) is 28.8. The molecule has 0 bridgehead atoms. The van der Waals surface area contributed by atoms with Gasteiger partial charge in [-0.15, -0.1) is 0 Å². The molecule has 1 fully saturated rings. The predicted molar refractivity (Wildman–Crippen MR) is 50.5 cm³/mol. The lowest BCUT2D eigenvalue weighted by molar-refractivity contribution is 0.442. The van der Waals surface area contributed by atoms with Crippen LogP contribution in [0.1, 0.15) is 25.2 Å². The molecule has 1 aliphatic carbocycles. The van der Waals surface area contributed by atoms with Gasteiger partial charge in [0.25, 0.3) is 0 Å². The molecule has 0 saturated heterocycles. The average Bonchev–Trinajstić information content (AvgIpc) is 2.65. The Balaban J connectivity index is 2.17. The van der Waals surface area contributed by atoms with Crippen molar-refractivity contribution in [1.29, 1.82) is 0 Å². The molecule has 1 saturated carbocycles. The minimum absolute atomic E-state index is 0.218. The molecule has 0 aromatic carbocycles. The quantitative estimate of drug-likeness (QED) is 0.528. The Kier molecular flexibility index (Phi) is 2.09. The van der Waals surface area contributed by atoms with E-state index in [0.717, 1.165) is 11.7 Å². The van der Waals surface area contributed by atoms with Gasteiger partial charge in [0.2, 0.25) is 0 Å². The molecule has 2 rings (SSSR count). The second-order valence-electron chi connectivity index (χ2n) is 3.92. The second-order valence-corrected chi connectivity index (χ2v) is 3.92. The molecule has 13 heavy (non-hydrogen) atoms. The van der Waals surface area contributed by atoms with Gasteiger partial charge in [-0.2, -0.15) is 0 Å². The van der Waals surface area contributed by atoms with E-state index < -0.39 is 0 Å². The van der Waals surface area contributed by atoms with Crippen LogP contribution in [0.4, 0.5) is 0 Å². The fraction of sp³-hybridized carbons (Fsp3) is 0.667. The molecule has 1 aromatic rings. The molecule has 1 aromatic heterocycles. The predicted octanol–water partition coefficient (Wildman–Crippen LogP) is 0.580. The molecule has 3 unspecified atom stereocenters. The van der Waals surface area contributed by atoms with Crippen LogP contribution < -0.4 is 11.3 Å². The number of aryl methyl sites for hydroxylation is 1. The van der Waals surface area contributed by atoms with Gasteiger partial charge in [-0.05, 0) is 18.3 Å². The van der Waals surface area contributed by atoms with Crippen LogP contribution in [0.2, 0.25) is 0 Å². The van der Waals surface area contributed by atoms with E-state index in [1.807, 2.05) is 24.0 Å². The third-order valence-corrected chi connectivity index (χ3v) is 2.92. The van der Waals surface area contributed by atoms with Crippen molar-refractivity contribution >= 4 is 0 Å². The SMILES string of the molecule is CC1CC1C(NN)c1nccn1C. The van der Waals surface area contributed by atoms with Gasteiger partial charge in [0.1, 0.15) is 5.82 Å². The monoisotopic (exact) mass is 180 g/mol. The number of nitrogens with two attached hydrogens (primary N) is 1. The molecular formula is C9H16N4. The number of imidazole rings is 1. The fourth-order valence-electron chi connectivity index (χ4n) is 1.88. The van der Waals surface area contributed by atoms with Crippen LogP contribution in [0.5, 0.6) is 0 Å². The summed E-state index contributed by atoms with van der Waals surface area (Å²) < 4.78 is 2.02. The third-order valence-electron chi connectivity index (χ3n) is 2.92. The van der Waals surface area contributed by atoms with Crippen molar-refractivity contribution < 1.29 is 0 Å². The summed E-state index contributed by atoms with van der Waals surface area (Å²) in [6, 6.07) is 0.218. The Hall–Kier alpha value is -0.870. The summed E-state index contributed by atoms with van der Waals surface area (Å²) in [4.78, 5) is 4.30. The van der Waals surface area contributed by atoms with Gasteiger partial charge < -0.3 is 4.57 Å². The van der Waals surface area contributed by atoms with Crippen LogP contribution in [0.15, 0.2) is 12.4 Å². The highest BCUT2D eigenvalue weighted by molar-refractivity contribution is 5.05. The Morgan fingerprint density at radius 2 is 2.46 bits per heavy atom. The number of hydrogen-bond acceptors (Lipinski definition) is 3. The molecule has 72 valence electrons. The molecule has 1 aliphatic rings. The largest absolute Gasteiger partial charge is 0.337 e. The first-order chi connectivity index (χ1) is 6.24. The maximum absolute atomic E-state index is 5.53. The summed E-state index contributed by atoms with van der Waals surface area (Å²) in [5.74, 6) is 8.01. The number of hydrazine groups is 1. The first-order valence-corrected chi connectivity index (χ1v) is 4.67. The minimum atomic E-state index is 0.218. The zero-order valence-corrected chi connectivity index (χ0v) is 8.07. The molecule has 4 heteroatoms. The van der Waals surface area contributed by atoms with Crippen LogP contribution >= 0.6 is 0 Å². The van der Waals surface area contributed by atoms with Gasteiger partial charge in [0, 0.05) is 19.4 Å². The third kappa shape index (κ3) is 1.47. The molecule has 0 spiro atoms. The summed E-state index contributed by atoms with van der Waals surface area (Å²) in [6.45, 7) is 2.25. The van der Waals surface area contributed by atoms with E-state index in [4.69, 9.17) is 5.84 Å². The van der Waals surface area contributed by atoms with Gasteiger partial charge in [0.15, 0.2) is 0 Å². The van der Waals surface area contributed by atoms with E-state index in [9.17, 15) is 0 Å². The van der Waals surface area contributed by atoms with Crippen molar-refractivity contribution in [3.63, 3.8) is 0 Å². The number of rotatable bonds is 3. The molecule has 4 nitrogen and oxygen atoms in total. The molecule has 0 radical (unpaired) electrons. The number of aromatic nitrogens is 2. The summed E-state index contributed by atoms with van der Waals surface area (Å²) in [7, 11) is 2.00. The topological polar surface area (TPSA) is 55.9 Å². The highest BCUT2D eigenvalue weighted by Gasteiger charge is 2.41. The van der Waals surface area contributed by atoms with Crippen molar-refractivity contribution in [3.8, 4) is 0 Å². The molecule has 3 atom stereocenters. The lowest BCUT2D eigenvalue weighted by Crippen LogP contribution is -2.31. The second kappa shape index (κ2) is 3.12. The standard InChI is InChI=1S/C9H16N4/c1-6-5-7(6)8(12-10)9-11-3-4-13(9)2/h3-4,6-8,12H,5,10H2,1-2H3. The zero-order valence-electron chi connectivity index (χ0n) is 8.07. The van der Waals surface area contributed by atoms with Gasteiger partial charge in [-0.1, -0.05) is 6.92 Å². The lowest BCUT2D eigenvalue weighted by atomic mass is 10.1. The van der Waals surface area contributed by atoms with Crippen molar-refractivity contribution in [1.82, 2.24) is 15.0 Å². The number of hydrogen-bond donors (Lipinski definition) is 2. The van der Waals surface area contributed by atoms with Crippen LogP contribution in [0, 0.1) is 11.8 Å². The van der Waals surface area contributed by atoms with Crippen LogP contribution in [0.3, 0.4) is 0 Å². The van der Waals surface area contributed by atoms with Gasteiger partial charge >= 0.3 is 0 Å². The van der Waals surface area contributed by atoms with Crippen molar-refractivity contribution in [2.24, 2.45) is 24.7 Å². The highest BCUT2D eigenvalue weighted by Crippen LogP contribution is 2.46. The first kappa shape index (κ1) is 8.72. The van der Waals surface area contributed by atoms with Crippen molar-refractivity contribution in [3.05, 3.63) is 18.2 Å². The van der Waals surface area contributed by atoms with E-state index in [1.54, 1.807) is 0 Å². The van der Waals surface area contributed by atoms with E-state index in [2.05, 4.69) is 17.3 Å². The first-order valence-electron chi connectivity index (χ1n) is 4.67.